The van der Waals surface area contributed by atoms with Crippen LogP contribution in [0.3, 0.4) is 0 Å². The number of benzene rings is 2. The van der Waals surface area contributed by atoms with Gasteiger partial charge in [0.1, 0.15) is 5.69 Å². The van der Waals surface area contributed by atoms with Gasteiger partial charge in [0.05, 0.1) is 20.4 Å². The Morgan fingerprint density at radius 3 is 1.90 bits per heavy atom. The van der Waals surface area contributed by atoms with Crippen LogP contribution in [0.15, 0.2) is 65.0 Å². The third-order valence-electron chi connectivity index (χ3n) is 7.42. The summed E-state index contributed by atoms with van der Waals surface area (Å²) in [5, 5.41) is 30.7. The summed E-state index contributed by atoms with van der Waals surface area (Å²) in [4.78, 5) is 22.8. The topological polar surface area (TPSA) is 104 Å². The smallest absolute Gasteiger partial charge is 0.258 e. The molecule has 0 spiro atoms. The van der Waals surface area contributed by atoms with E-state index in [9.17, 15) is 20.2 Å². The van der Waals surface area contributed by atoms with Crippen molar-refractivity contribution in [3.63, 3.8) is 0 Å². The number of hydrogen-bond acceptors (Lipinski definition) is 7. The van der Waals surface area contributed by atoms with E-state index < -0.39 is 4.92 Å². The van der Waals surface area contributed by atoms with Gasteiger partial charge >= 0.3 is 0 Å². The normalized spacial score (nSPS) is 17.3. The molecule has 204 valence electrons. The van der Waals surface area contributed by atoms with Crippen molar-refractivity contribution >= 4 is 40.6 Å². The number of nitro benzene ring substituents is 2. The Hall–Kier alpha value is -3.11. The molecule has 0 unspecified atom stereocenters. The minimum atomic E-state index is -0.391. The molecule has 8 nitrogen and oxygen atoms in total. The Labute approximate surface area is 236 Å². The van der Waals surface area contributed by atoms with Gasteiger partial charge in [0, 0.05) is 52.1 Å². The van der Waals surface area contributed by atoms with Crippen LogP contribution in [0, 0.1) is 20.2 Å². The van der Waals surface area contributed by atoms with Crippen LogP contribution in [0.4, 0.5) is 11.4 Å². The first-order valence-electron chi connectivity index (χ1n) is 13.6. The Balaban J connectivity index is 1.54. The van der Waals surface area contributed by atoms with Crippen LogP contribution in [0.1, 0.15) is 69.8 Å². The molecule has 2 aromatic carbocycles. The summed E-state index contributed by atoms with van der Waals surface area (Å²) in [5.74, 6) is 0. The summed E-state index contributed by atoms with van der Waals surface area (Å²) >= 11 is 3.66. The van der Waals surface area contributed by atoms with Gasteiger partial charge in [-0.25, -0.2) is 4.68 Å². The number of nitrogens with zero attached hydrogens (tertiary/aromatic N) is 4. The first kappa shape index (κ1) is 27.5. The molecule has 10 heteroatoms. The summed E-state index contributed by atoms with van der Waals surface area (Å²) in [5.41, 5.74) is 3.47. The quantitative estimate of drug-likeness (QED) is 0.189. The number of hydrogen-bond donors (Lipinski definition) is 0. The van der Waals surface area contributed by atoms with Crippen molar-refractivity contribution in [3.8, 4) is 11.3 Å². The van der Waals surface area contributed by atoms with E-state index in [-0.39, 0.29) is 16.3 Å². The molecule has 2 aliphatic carbocycles. The molecule has 0 saturated heterocycles. The standard InChI is InChI=1S/C29H32N4O4S2/c34-32(35)23-15-11-21(12-16-23)27(20-38-25-7-3-1-4-8-25)31-19-28(39-26-9-5-2-6-10-26)29(30-31)22-13-17-24(18-14-22)33(36)37/h11-20,25-26H,1-10H2/b27-20+. The van der Waals surface area contributed by atoms with Crippen LogP contribution in [-0.2, 0) is 0 Å². The van der Waals surface area contributed by atoms with Crippen LogP contribution >= 0.6 is 23.5 Å². The van der Waals surface area contributed by atoms with Gasteiger partial charge in [0.25, 0.3) is 11.4 Å². The van der Waals surface area contributed by atoms with Gasteiger partial charge in [0.15, 0.2) is 0 Å². The summed E-state index contributed by atoms with van der Waals surface area (Å²) < 4.78 is 1.89. The molecule has 3 aromatic rings. The molecule has 2 fully saturated rings. The third-order valence-corrected chi connectivity index (χ3v) is 10.00. The first-order chi connectivity index (χ1) is 19.0. The van der Waals surface area contributed by atoms with Crippen LogP contribution in [0.25, 0.3) is 17.0 Å². The Morgan fingerprint density at radius 1 is 0.795 bits per heavy atom. The molecule has 1 heterocycles. The Morgan fingerprint density at radius 2 is 1.33 bits per heavy atom. The minimum absolute atomic E-state index is 0.0509. The van der Waals surface area contributed by atoms with Gasteiger partial charge in [0.2, 0.25) is 0 Å². The van der Waals surface area contributed by atoms with Crippen molar-refractivity contribution in [2.24, 2.45) is 0 Å². The summed E-state index contributed by atoms with van der Waals surface area (Å²) in [6, 6.07) is 13.2. The van der Waals surface area contributed by atoms with Crippen LogP contribution < -0.4 is 0 Å². The highest BCUT2D eigenvalue weighted by Crippen LogP contribution is 2.40. The molecule has 39 heavy (non-hydrogen) atoms. The van der Waals surface area contributed by atoms with E-state index in [4.69, 9.17) is 5.10 Å². The monoisotopic (exact) mass is 564 g/mol. The highest BCUT2D eigenvalue weighted by Gasteiger charge is 2.22. The second kappa shape index (κ2) is 12.8. The van der Waals surface area contributed by atoms with Crippen molar-refractivity contribution in [2.75, 3.05) is 0 Å². The van der Waals surface area contributed by atoms with E-state index in [1.807, 2.05) is 28.2 Å². The van der Waals surface area contributed by atoms with Crippen molar-refractivity contribution in [1.82, 2.24) is 9.78 Å². The molecule has 0 N–H and O–H groups in total. The molecule has 1 aromatic heterocycles. The number of nitro groups is 2. The fraction of sp³-hybridized carbons (Fsp3) is 0.414. The molecule has 0 aliphatic heterocycles. The van der Waals surface area contributed by atoms with Crippen molar-refractivity contribution in [3.05, 3.63) is 85.9 Å². The van der Waals surface area contributed by atoms with E-state index in [0.29, 0.717) is 10.5 Å². The lowest BCUT2D eigenvalue weighted by molar-refractivity contribution is -0.385. The van der Waals surface area contributed by atoms with Crippen molar-refractivity contribution in [1.29, 1.82) is 0 Å². The molecule has 5 rings (SSSR count). The maximum atomic E-state index is 11.3. The zero-order chi connectivity index (χ0) is 27.2. The molecule has 0 radical (unpaired) electrons. The van der Waals surface area contributed by atoms with E-state index in [2.05, 4.69) is 11.6 Å². The fourth-order valence-corrected chi connectivity index (χ4v) is 7.77. The van der Waals surface area contributed by atoms with Crippen molar-refractivity contribution in [2.45, 2.75) is 79.6 Å². The Bertz CT molecular complexity index is 1330. The molecule has 2 saturated carbocycles. The van der Waals surface area contributed by atoms with Crippen LogP contribution in [-0.4, -0.2) is 30.1 Å². The van der Waals surface area contributed by atoms with Gasteiger partial charge in [-0.15, -0.1) is 23.5 Å². The zero-order valence-corrected chi connectivity index (χ0v) is 23.4. The molecular weight excluding hydrogens is 532 g/mol. The van der Waals surface area contributed by atoms with Crippen LogP contribution in [0.5, 0.6) is 0 Å². The summed E-state index contributed by atoms with van der Waals surface area (Å²) in [6.07, 6.45) is 14.3. The molecule has 0 atom stereocenters. The second-order valence-corrected chi connectivity index (χ2v) is 12.7. The van der Waals surface area contributed by atoms with Crippen LogP contribution in [0.2, 0.25) is 0 Å². The zero-order valence-electron chi connectivity index (χ0n) is 21.7. The van der Waals surface area contributed by atoms with E-state index in [1.165, 1.54) is 75.6 Å². The Kier molecular flexibility index (Phi) is 9.03. The predicted octanol–water partition coefficient (Wildman–Crippen LogP) is 8.70. The molecule has 0 bridgehead atoms. The first-order valence-corrected chi connectivity index (χ1v) is 15.4. The van der Waals surface area contributed by atoms with Gasteiger partial charge in [-0.1, -0.05) is 38.5 Å². The average molecular weight is 565 g/mol. The van der Waals surface area contributed by atoms with Gasteiger partial charge in [-0.05, 0) is 55.4 Å². The summed E-state index contributed by atoms with van der Waals surface area (Å²) in [6.45, 7) is 0. The fourth-order valence-electron chi connectivity index (χ4n) is 5.24. The summed E-state index contributed by atoms with van der Waals surface area (Å²) in [7, 11) is 0. The highest BCUT2D eigenvalue weighted by atomic mass is 32.2. The number of non-ortho nitro benzene ring substituents is 2. The lowest BCUT2D eigenvalue weighted by atomic mass is 10.0. The average Bonchev–Trinajstić information content (AvgIpc) is 3.37. The lowest BCUT2D eigenvalue weighted by Gasteiger charge is -2.20. The highest BCUT2D eigenvalue weighted by molar-refractivity contribution is 8.02. The van der Waals surface area contributed by atoms with Gasteiger partial charge in [-0.3, -0.25) is 20.2 Å². The number of aromatic nitrogens is 2. The van der Waals surface area contributed by atoms with E-state index in [0.717, 1.165) is 40.3 Å². The third kappa shape index (κ3) is 6.91. The number of thioether (sulfide) groups is 2. The predicted molar refractivity (Wildman–Crippen MR) is 158 cm³/mol. The largest absolute Gasteiger partial charge is 0.269 e. The SMILES string of the molecule is O=[N+]([O-])c1ccc(/C(=C\SC2CCCCC2)n2cc(SC3CCCCC3)c(-c3ccc([N+](=O)[O-])cc3)n2)cc1. The molecular formula is C29H32N4O4S2. The maximum Gasteiger partial charge on any atom is 0.269 e. The van der Waals surface area contributed by atoms with E-state index >= 15 is 0 Å². The van der Waals surface area contributed by atoms with Crippen molar-refractivity contribution < 1.29 is 9.85 Å². The van der Waals surface area contributed by atoms with Gasteiger partial charge < -0.3 is 0 Å². The lowest BCUT2D eigenvalue weighted by Crippen LogP contribution is -2.07. The van der Waals surface area contributed by atoms with E-state index in [1.54, 1.807) is 24.3 Å². The molecule has 2 aliphatic rings. The maximum absolute atomic E-state index is 11.3. The van der Waals surface area contributed by atoms with Gasteiger partial charge in [-0.2, -0.15) is 5.10 Å². The second-order valence-electron chi connectivity index (χ2n) is 10.2. The molecule has 0 amide bonds. The minimum Gasteiger partial charge on any atom is -0.258 e. The number of rotatable bonds is 9.